The third-order valence-electron chi connectivity index (χ3n) is 3.76. The molecule has 0 aliphatic heterocycles. The number of hydrogen-bond acceptors (Lipinski definition) is 6. The van der Waals surface area contributed by atoms with Gasteiger partial charge in [-0.25, -0.2) is 9.59 Å². The molecule has 0 aliphatic rings. The van der Waals surface area contributed by atoms with Gasteiger partial charge >= 0.3 is 12.1 Å². The molecule has 8 nitrogen and oxygen atoms in total. The van der Waals surface area contributed by atoms with E-state index in [9.17, 15) is 14.7 Å². The number of ether oxygens (including phenoxy) is 4. The van der Waals surface area contributed by atoms with Crippen LogP contribution in [0.2, 0.25) is 0 Å². The average Bonchev–Trinajstić information content (AvgIpc) is 2.70. The Morgan fingerprint density at radius 2 is 1.59 bits per heavy atom. The first-order valence-electron chi connectivity index (χ1n) is 8.00. The molecule has 0 unspecified atom stereocenters. The van der Waals surface area contributed by atoms with Gasteiger partial charge < -0.3 is 29.4 Å². The Labute approximate surface area is 156 Å². The van der Waals surface area contributed by atoms with E-state index in [1.165, 1.54) is 33.5 Å². The lowest BCUT2D eigenvalue weighted by atomic mass is 10.0. The summed E-state index contributed by atoms with van der Waals surface area (Å²) >= 11 is 0. The first-order chi connectivity index (χ1) is 13.0. The van der Waals surface area contributed by atoms with Crippen LogP contribution in [0.5, 0.6) is 17.2 Å². The van der Waals surface area contributed by atoms with Crippen LogP contribution in [0.4, 0.5) is 4.79 Å². The van der Waals surface area contributed by atoms with Gasteiger partial charge in [0.2, 0.25) is 0 Å². The SMILES string of the molecule is COc1cc(OC)c([C@@H](NC(=O)OCc2ccccc2)C(=O)O)c(OC)c1. The van der Waals surface area contributed by atoms with Crippen LogP contribution in [0, 0.1) is 0 Å². The van der Waals surface area contributed by atoms with Gasteiger partial charge in [0.1, 0.15) is 23.9 Å². The number of carbonyl (C=O) groups excluding carboxylic acids is 1. The predicted octanol–water partition coefficient (Wildman–Crippen LogP) is 2.76. The number of amides is 1. The molecular weight excluding hydrogens is 354 g/mol. The molecule has 27 heavy (non-hydrogen) atoms. The third-order valence-corrected chi connectivity index (χ3v) is 3.76. The number of methoxy groups -OCH3 is 3. The minimum absolute atomic E-state index is 0.00982. The summed E-state index contributed by atoms with van der Waals surface area (Å²) in [5.74, 6) is -0.486. The van der Waals surface area contributed by atoms with Crippen molar-refractivity contribution in [2.75, 3.05) is 21.3 Å². The van der Waals surface area contributed by atoms with Crippen LogP contribution in [0.1, 0.15) is 17.2 Å². The molecule has 0 spiro atoms. The Kier molecular flexibility index (Phi) is 6.87. The maximum Gasteiger partial charge on any atom is 0.408 e. The highest BCUT2D eigenvalue weighted by Gasteiger charge is 2.30. The molecule has 1 amide bonds. The summed E-state index contributed by atoms with van der Waals surface area (Å²) in [6, 6.07) is 10.6. The molecule has 8 heteroatoms. The molecule has 0 radical (unpaired) electrons. The van der Waals surface area contributed by atoms with Crippen molar-refractivity contribution in [1.82, 2.24) is 5.32 Å². The predicted molar refractivity (Wildman–Crippen MR) is 96.2 cm³/mol. The molecular formula is C19H21NO7. The van der Waals surface area contributed by atoms with E-state index in [0.717, 1.165) is 5.56 Å². The number of alkyl carbamates (subject to hydrolysis) is 1. The lowest BCUT2D eigenvalue weighted by molar-refractivity contribution is -0.139. The van der Waals surface area contributed by atoms with Crippen molar-refractivity contribution in [3.63, 3.8) is 0 Å². The molecule has 2 aromatic carbocycles. The number of aliphatic carboxylic acids is 1. The average molecular weight is 375 g/mol. The lowest BCUT2D eigenvalue weighted by Gasteiger charge is -2.21. The first-order valence-corrected chi connectivity index (χ1v) is 8.00. The summed E-state index contributed by atoms with van der Waals surface area (Å²) in [6.45, 7) is 0.00982. The van der Waals surface area contributed by atoms with Crippen LogP contribution in [-0.2, 0) is 16.1 Å². The molecule has 2 N–H and O–H groups in total. The van der Waals surface area contributed by atoms with E-state index >= 15 is 0 Å². The minimum Gasteiger partial charge on any atom is -0.496 e. The standard InChI is InChI=1S/C19H21NO7/c1-24-13-9-14(25-2)16(15(10-13)26-3)17(18(21)22)20-19(23)27-11-12-7-5-4-6-8-12/h4-10,17H,11H2,1-3H3,(H,20,23)(H,21,22)/t17-/m1/s1. The zero-order chi connectivity index (χ0) is 19.8. The van der Waals surface area contributed by atoms with Crippen molar-refractivity contribution in [2.45, 2.75) is 12.6 Å². The van der Waals surface area contributed by atoms with E-state index < -0.39 is 18.1 Å². The van der Waals surface area contributed by atoms with E-state index in [2.05, 4.69) is 5.32 Å². The number of carboxylic acids is 1. The van der Waals surface area contributed by atoms with Crippen LogP contribution in [-0.4, -0.2) is 38.5 Å². The second kappa shape index (κ2) is 9.33. The van der Waals surface area contributed by atoms with E-state index in [1.807, 2.05) is 18.2 Å². The van der Waals surface area contributed by atoms with Gasteiger partial charge in [0.05, 0.1) is 26.9 Å². The maximum absolute atomic E-state index is 12.1. The zero-order valence-corrected chi connectivity index (χ0v) is 15.2. The molecule has 0 saturated heterocycles. The van der Waals surface area contributed by atoms with Crippen molar-refractivity contribution in [3.05, 3.63) is 53.6 Å². The van der Waals surface area contributed by atoms with E-state index in [4.69, 9.17) is 18.9 Å². The highest BCUT2D eigenvalue weighted by molar-refractivity contribution is 5.83. The van der Waals surface area contributed by atoms with Crippen LogP contribution in [0.25, 0.3) is 0 Å². The van der Waals surface area contributed by atoms with E-state index in [-0.39, 0.29) is 23.7 Å². The number of carboxylic acid groups (broad SMARTS) is 1. The van der Waals surface area contributed by atoms with Crippen LogP contribution in [0.15, 0.2) is 42.5 Å². The normalized spacial score (nSPS) is 11.2. The number of carbonyl (C=O) groups is 2. The maximum atomic E-state index is 12.1. The van der Waals surface area contributed by atoms with Crippen LogP contribution >= 0.6 is 0 Å². The second-order valence-electron chi connectivity index (χ2n) is 5.42. The molecule has 144 valence electrons. The number of benzene rings is 2. The van der Waals surface area contributed by atoms with Crippen molar-refractivity contribution in [1.29, 1.82) is 0 Å². The molecule has 0 saturated carbocycles. The quantitative estimate of drug-likeness (QED) is 0.731. The highest BCUT2D eigenvalue weighted by atomic mass is 16.5. The molecule has 2 aromatic rings. The Hall–Kier alpha value is -3.42. The summed E-state index contributed by atoms with van der Waals surface area (Å²) < 4.78 is 20.8. The number of hydrogen-bond donors (Lipinski definition) is 2. The fourth-order valence-corrected chi connectivity index (χ4v) is 2.46. The first kappa shape index (κ1) is 19.9. The van der Waals surface area contributed by atoms with Crippen molar-refractivity contribution >= 4 is 12.1 Å². The van der Waals surface area contributed by atoms with Gasteiger partial charge in [-0.15, -0.1) is 0 Å². The molecule has 0 bridgehead atoms. The van der Waals surface area contributed by atoms with Gasteiger partial charge in [-0.05, 0) is 5.56 Å². The second-order valence-corrected chi connectivity index (χ2v) is 5.42. The van der Waals surface area contributed by atoms with Crippen molar-refractivity contribution < 1.29 is 33.6 Å². The molecule has 0 aromatic heterocycles. The number of nitrogens with one attached hydrogen (secondary N) is 1. The van der Waals surface area contributed by atoms with Gasteiger partial charge in [-0.2, -0.15) is 0 Å². The Morgan fingerprint density at radius 1 is 1.00 bits per heavy atom. The van der Waals surface area contributed by atoms with Crippen LogP contribution < -0.4 is 19.5 Å². The molecule has 1 atom stereocenters. The van der Waals surface area contributed by atoms with Gasteiger partial charge in [0, 0.05) is 12.1 Å². The smallest absolute Gasteiger partial charge is 0.408 e. The Bertz CT molecular complexity index is 767. The molecule has 2 rings (SSSR count). The van der Waals surface area contributed by atoms with Gasteiger partial charge in [0.25, 0.3) is 0 Å². The van der Waals surface area contributed by atoms with E-state index in [1.54, 1.807) is 12.1 Å². The summed E-state index contributed by atoms with van der Waals surface area (Å²) in [7, 11) is 4.22. The summed E-state index contributed by atoms with van der Waals surface area (Å²) in [6.07, 6.45) is -0.883. The summed E-state index contributed by atoms with van der Waals surface area (Å²) in [5, 5.41) is 11.9. The molecule has 0 fully saturated rings. The Morgan fingerprint density at radius 3 is 2.07 bits per heavy atom. The van der Waals surface area contributed by atoms with Crippen molar-refractivity contribution in [2.24, 2.45) is 0 Å². The molecule has 0 heterocycles. The fourth-order valence-electron chi connectivity index (χ4n) is 2.46. The summed E-state index contributed by atoms with van der Waals surface area (Å²) in [4.78, 5) is 23.9. The number of rotatable bonds is 8. The topological polar surface area (TPSA) is 103 Å². The van der Waals surface area contributed by atoms with Gasteiger partial charge in [-0.3, -0.25) is 0 Å². The summed E-state index contributed by atoms with van der Waals surface area (Å²) in [5.41, 5.74) is 0.920. The lowest BCUT2D eigenvalue weighted by Crippen LogP contribution is -2.34. The van der Waals surface area contributed by atoms with Gasteiger partial charge in [0.15, 0.2) is 6.04 Å². The molecule has 0 aliphatic carbocycles. The third kappa shape index (κ3) is 5.04. The zero-order valence-electron chi connectivity index (χ0n) is 15.2. The van der Waals surface area contributed by atoms with Gasteiger partial charge in [-0.1, -0.05) is 30.3 Å². The largest absolute Gasteiger partial charge is 0.496 e. The van der Waals surface area contributed by atoms with E-state index in [0.29, 0.717) is 5.75 Å². The minimum atomic E-state index is -1.44. The highest BCUT2D eigenvalue weighted by Crippen LogP contribution is 2.38. The van der Waals surface area contributed by atoms with Crippen LogP contribution in [0.3, 0.4) is 0 Å². The monoisotopic (exact) mass is 375 g/mol. The fraction of sp³-hybridized carbons (Fsp3) is 0.263. The Balaban J connectivity index is 2.24. The van der Waals surface area contributed by atoms with Crippen molar-refractivity contribution in [3.8, 4) is 17.2 Å².